The van der Waals surface area contributed by atoms with E-state index >= 15 is 0 Å². The lowest BCUT2D eigenvalue weighted by Crippen LogP contribution is -2.48. The Balaban J connectivity index is 0.00000288. The molecule has 6 heteroatoms. The van der Waals surface area contributed by atoms with E-state index in [1.807, 2.05) is 18.7 Å². The van der Waals surface area contributed by atoms with Crippen LogP contribution in [0.1, 0.15) is 65.2 Å². The van der Waals surface area contributed by atoms with Crippen LogP contribution in [0.15, 0.2) is 0 Å². The second kappa shape index (κ2) is 9.62. The Labute approximate surface area is 152 Å². The third-order valence-electron chi connectivity index (χ3n) is 5.55. The van der Waals surface area contributed by atoms with Gasteiger partial charge in [-0.05, 0) is 37.6 Å². The summed E-state index contributed by atoms with van der Waals surface area (Å²) in [5.41, 5.74) is 6.00. The molecule has 1 aliphatic heterocycles. The third-order valence-corrected chi connectivity index (χ3v) is 5.55. The minimum atomic E-state index is 0. The zero-order chi connectivity index (χ0) is 16.9. The molecule has 0 atom stereocenters. The van der Waals surface area contributed by atoms with Crippen LogP contribution in [0.2, 0.25) is 0 Å². The van der Waals surface area contributed by atoms with Gasteiger partial charge in [0.15, 0.2) is 0 Å². The van der Waals surface area contributed by atoms with Gasteiger partial charge in [-0.15, -0.1) is 12.4 Å². The predicted molar refractivity (Wildman–Crippen MR) is 99.0 cm³/mol. The summed E-state index contributed by atoms with van der Waals surface area (Å²) in [6, 6.07) is 0.206. The molecule has 140 valence electrons. The summed E-state index contributed by atoms with van der Waals surface area (Å²) < 4.78 is 0. The fourth-order valence-electron chi connectivity index (χ4n) is 3.98. The van der Waals surface area contributed by atoms with Gasteiger partial charge in [0.1, 0.15) is 0 Å². The van der Waals surface area contributed by atoms with Crippen LogP contribution in [-0.2, 0) is 9.59 Å². The number of carbonyl (C=O) groups is 2. The summed E-state index contributed by atoms with van der Waals surface area (Å²) in [5, 5.41) is 3.18. The number of nitrogens with zero attached hydrogens (tertiary/aromatic N) is 1. The topological polar surface area (TPSA) is 75.4 Å². The molecule has 0 unspecified atom stereocenters. The van der Waals surface area contributed by atoms with Crippen molar-refractivity contribution >= 4 is 24.2 Å². The van der Waals surface area contributed by atoms with E-state index in [-0.39, 0.29) is 41.6 Å². The van der Waals surface area contributed by atoms with Crippen molar-refractivity contribution in [3.8, 4) is 0 Å². The zero-order valence-electron chi connectivity index (χ0n) is 15.2. The molecular weight excluding hydrogens is 326 g/mol. The van der Waals surface area contributed by atoms with Crippen molar-refractivity contribution in [2.24, 2.45) is 17.1 Å². The molecule has 0 aromatic rings. The number of hydrogen-bond acceptors (Lipinski definition) is 3. The molecule has 3 N–H and O–H groups in total. The Morgan fingerprint density at radius 1 is 1.17 bits per heavy atom. The fourth-order valence-corrected chi connectivity index (χ4v) is 3.98. The quantitative estimate of drug-likeness (QED) is 0.791. The zero-order valence-corrected chi connectivity index (χ0v) is 16.0. The molecule has 2 aliphatic rings. The molecule has 1 heterocycles. The number of halogens is 1. The molecule has 0 aromatic carbocycles. The van der Waals surface area contributed by atoms with Gasteiger partial charge >= 0.3 is 0 Å². The van der Waals surface area contributed by atoms with Crippen LogP contribution in [0.4, 0.5) is 0 Å². The molecule has 0 spiro atoms. The largest absolute Gasteiger partial charge is 0.353 e. The average molecular weight is 360 g/mol. The Kier molecular flexibility index (Phi) is 8.51. The first kappa shape index (κ1) is 21.2. The first-order valence-electron chi connectivity index (χ1n) is 9.24. The van der Waals surface area contributed by atoms with Crippen LogP contribution in [0.3, 0.4) is 0 Å². The third kappa shape index (κ3) is 5.62. The lowest BCUT2D eigenvalue weighted by Gasteiger charge is -2.37. The van der Waals surface area contributed by atoms with Crippen molar-refractivity contribution in [3.63, 3.8) is 0 Å². The van der Waals surface area contributed by atoms with Gasteiger partial charge in [-0.1, -0.05) is 33.1 Å². The molecule has 2 rings (SSSR count). The normalized spacial score (nSPS) is 21.2. The molecule has 24 heavy (non-hydrogen) atoms. The summed E-state index contributed by atoms with van der Waals surface area (Å²) in [4.78, 5) is 26.3. The Morgan fingerprint density at radius 3 is 2.25 bits per heavy atom. The van der Waals surface area contributed by atoms with E-state index in [1.54, 1.807) is 0 Å². The lowest BCUT2D eigenvalue weighted by molar-refractivity contribution is -0.135. The number of likely N-dealkylation sites (tertiary alicyclic amines) is 1. The van der Waals surface area contributed by atoms with E-state index in [4.69, 9.17) is 5.73 Å². The minimum absolute atomic E-state index is 0. The Bertz CT molecular complexity index is 414. The van der Waals surface area contributed by atoms with Crippen molar-refractivity contribution in [1.29, 1.82) is 0 Å². The summed E-state index contributed by atoms with van der Waals surface area (Å²) in [6.07, 6.45) is 8.11. The van der Waals surface area contributed by atoms with E-state index in [0.29, 0.717) is 13.0 Å². The SMILES string of the molecule is CC(C)C(=O)N1CCC(NC(=O)CC2(CN)CCCCC2)CC1.Cl. The first-order valence-corrected chi connectivity index (χ1v) is 9.24. The standard InChI is InChI=1S/C18H33N3O2.ClH/c1-14(2)17(23)21-10-6-15(7-11-21)20-16(22)12-18(13-19)8-4-3-5-9-18;/h14-15H,3-13,19H2,1-2H3,(H,20,22);1H. The fraction of sp³-hybridized carbons (Fsp3) is 0.889. The molecule has 0 bridgehead atoms. The number of piperidine rings is 1. The minimum Gasteiger partial charge on any atom is -0.353 e. The van der Waals surface area contributed by atoms with Crippen LogP contribution < -0.4 is 11.1 Å². The molecule has 0 radical (unpaired) electrons. The van der Waals surface area contributed by atoms with Crippen LogP contribution in [0.25, 0.3) is 0 Å². The highest BCUT2D eigenvalue weighted by Crippen LogP contribution is 2.38. The van der Waals surface area contributed by atoms with Gasteiger partial charge in [-0.25, -0.2) is 0 Å². The molecule has 2 fully saturated rings. The van der Waals surface area contributed by atoms with Crippen molar-refractivity contribution in [2.45, 2.75) is 71.3 Å². The summed E-state index contributed by atoms with van der Waals surface area (Å²) >= 11 is 0. The number of nitrogens with two attached hydrogens (primary N) is 1. The highest BCUT2D eigenvalue weighted by molar-refractivity contribution is 5.85. The van der Waals surface area contributed by atoms with Crippen molar-refractivity contribution in [3.05, 3.63) is 0 Å². The van der Waals surface area contributed by atoms with Crippen LogP contribution >= 0.6 is 12.4 Å². The van der Waals surface area contributed by atoms with Gasteiger partial charge in [0.25, 0.3) is 0 Å². The smallest absolute Gasteiger partial charge is 0.225 e. The van der Waals surface area contributed by atoms with Crippen LogP contribution in [-0.4, -0.2) is 42.4 Å². The molecule has 0 aromatic heterocycles. The average Bonchev–Trinajstić information content (AvgIpc) is 2.55. The molecule has 5 nitrogen and oxygen atoms in total. The van der Waals surface area contributed by atoms with Gasteiger partial charge in [0.05, 0.1) is 0 Å². The van der Waals surface area contributed by atoms with Gasteiger partial charge < -0.3 is 16.0 Å². The Hall–Kier alpha value is -0.810. The van der Waals surface area contributed by atoms with E-state index in [9.17, 15) is 9.59 Å². The van der Waals surface area contributed by atoms with Gasteiger partial charge in [-0.2, -0.15) is 0 Å². The van der Waals surface area contributed by atoms with Crippen molar-refractivity contribution < 1.29 is 9.59 Å². The van der Waals surface area contributed by atoms with Gasteiger partial charge in [0, 0.05) is 31.5 Å². The lowest BCUT2D eigenvalue weighted by atomic mass is 9.71. The van der Waals surface area contributed by atoms with E-state index in [2.05, 4.69) is 5.32 Å². The molecular formula is C18H34ClN3O2. The number of amides is 2. The molecule has 1 saturated heterocycles. The number of rotatable bonds is 5. The summed E-state index contributed by atoms with van der Waals surface area (Å²) in [5.74, 6) is 0.418. The second-order valence-corrected chi connectivity index (χ2v) is 7.76. The van der Waals surface area contributed by atoms with E-state index < -0.39 is 0 Å². The van der Waals surface area contributed by atoms with Crippen molar-refractivity contribution in [1.82, 2.24) is 10.2 Å². The van der Waals surface area contributed by atoms with Crippen LogP contribution in [0, 0.1) is 11.3 Å². The number of nitrogens with one attached hydrogen (secondary N) is 1. The van der Waals surface area contributed by atoms with E-state index in [1.165, 1.54) is 19.3 Å². The Morgan fingerprint density at radius 2 is 1.75 bits per heavy atom. The maximum Gasteiger partial charge on any atom is 0.225 e. The molecule has 1 saturated carbocycles. The highest BCUT2D eigenvalue weighted by Gasteiger charge is 2.34. The predicted octanol–water partition coefficient (Wildman–Crippen LogP) is 2.47. The highest BCUT2D eigenvalue weighted by atomic mass is 35.5. The van der Waals surface area contributed by atoms with Crippen LogP contribution in [0.5, 0.6) is 0 Å². The number of hydrogen-bond donors (Lipinski definition) is 2. The monoisotopic (exact) mass is 359 g/mol. The van der Waals surface area contributed by atoms with Gasteiger partial charge in [-0.3, -0.25) is 9.59 Å². The maximum atomic E-state index is 12.4. The number of carbonyl (C=O) groups excluding carboxylic acids is 2. The van der Waals surface area contributed by atoms with Gasteiger partial charge in [0.2, 0.25) is 11.8 Å². The summed E-state index contributed by atoms with van der Waals surface area (Å²) in [7, 11) is 0. The summed E-state index contributed by atoms with van der Waals surface area (Å²) in [6.45, 7) is 6.00. The maximum absolute atomic E-state index is 12.4. The first-order chi connectivity index (χ1) is 11.0. The van der Waals surface area contributed by atoms with E-state index in [0.717, 1.165) is 38.8 Å². The second-order valence-electron chi connectivity index (χ2n) is 7.76. The van der Waals surface area contributed by atoms with Crippen molar-refractivity contribution in [2.75, 3.05) is 19.6 Å². The molecule has 2 amide bonds. The molecule has 1 aliphatic carbocycles.